The number of benzene rings is 1. The van der Waals surface area contributed by atoms with Gasteiger partial charge in [-0.05, 0) is 24.1 Å². The fourth-order valence-electron chi connectivity index (χ4n) is 1.48. The number of aryl methyl sites for hydroxylation is 1. The second-order valence-corrected chi connectivity index (χ2v) is 5.75. The van der Waals surface area contributed by atoms with Crippen molar-refractivity contribution < 1.29 is 0 Å². The van der Waals surface area contributed by atoms with Gasteiger partial charge in [0.25, 0.3) is 0 Å². The Kier molecular flexibility index (Phi) is 4.80. The highest BCUT2D eigenvalue weighted by molar-refractivity contribution is 7.15. The van der Waals surface area contributed by atoms with Crippen LogP contribution in [-0.2, 0) is 13.0 Å². The van der Waals surface area contributed by atoms with Crippen LogP contribution in [0.4, 0.5) is 5.13 Å². The molecule has 3 nitrogen and oxygen atoms in total. The number of hydrogen-bond acceptors (Lipinski definition) is 4. The second-order valence-electron chi connectivity index (χ2n) is 3.84. The fourth-order valence-corrected chi connectivity index (χ4v) is 2.79. The van der Waals surface area contributed by atoms with Gasteiger partial charge in [-0.15, -0.1) is 10.2 Å². The molecule has 0 fully saturated rings. The molecule has 0 radical (unpaired) electrons. The Morgan fingerprint density at radius 3 is 2.83 bits per heavy atom. The zero-order valence-corrected chi connectivity index (χ0v) is 12.2. The zero-order valence-electron chi connectivity index (χ0n) is 9.91. The molecule has 96 valence electrons. The minimum Gasteiger partial charge on any atom is -0.356 e. The Balaban J connectivity index is 1.97. The molecule has 1 aromatic heterocycles. The smallest absolute Gasteiger partial charge is 0.205 e. The van der Waals surface area contributed by atoms with Crippen molar-refractivity contribution in [3.05, 3.63) is 38.8 Å². The Labute approximate surface area is 120 Å². The number of halogens is 2. The van der Waals surface area contributed by atoms with Crippen LogP contribution in [0.25, 0.3) is 0 Å². The fraction of sp³-hybridized carbons (Fsp3) is 0.333. The van der Waals surface area contributed by atoms with Gasteiger partial charge in [-0.3, -0.25) is 0 Å². The van der Waals surface area contributed by atoms with Crippen molar-refractivity contribution in [2.75, 3.05) is 5.32 Å². The van der Waals surface area contributed by atoms with Crippen LogP contribution in [-0.4, -0.2) is 10.2 Å². The van der Waals surface area contributed by atoms with Gasteiger partial charge in [0, 0.05) is 23.0 Å². The molecule has 2 rings (SSSR count). The number of rotatable bonds is 5. The van der Waals surface area contributed by atoms with E-state index in [1.807, 2.05) is 12.1 Å². The Hall–Kier alpha value is -0.840. The molecule has 1 aromatic carbocycles. The van der Waals surface area contributed by atoms with Crippen molar-refractivity contribution in [1.29, 1.82) is 0 Å². The molecular weight excluding hydrogens is 289 g/mol. The number of nitrogens with one attached hydrogen (secondary N) is 1. The summed E-state index contributed by atoms with van der Waals surface area (Å²) in [4.78, 5) is 0. The highest BCUT2D eigenvalue weighted by atomic mass is 35.5. The molecule has 1 N–H and O–H groups in total. The van der Waals surface area contributed by atoms with Gasteiger partial charge in [0.05, 0.1) is 0 Å². The van der Waals surface area contributed by atoms with Crippen molar-refractivity contribution in [3.8, 4) is 0 Å². The molecule has 0 amide bonds. The third-order valence-corrected chi connectivity index (χ3v) is 3.90. The third kappa shape index (κ3) is 3.57. The van der Waals surface area contributed by atoms with E-state index in [2.05, 4.69) is 22.4 Å². The highest BCUT2D eigenvalue weighted by Gasteiger charge is 2.05. The minimum atomic E-state index is 0.622. The topological polar surface area (TPSA) is 37.8 Å². The van der Waals surface area contributed by atoms with Crippen molar-refractivity contribution in [2.24, 2.45) is 0 Å². The molecular formula is C12H13Cl2N3S. The Bertz CT molecular complexity index is 528. The normalized spacial score (nSPS) is 10.6. The van der Waals surface area contributed by atoms with Crippen LogP contribution in [0.15, 0.2) is 18.2 Å². The first-order valence-corrected chi connectivity index (χ1v) is 7.26. The quantitative estimate of drug-likeness (QED) is 0.889. The molecule has 0 bridgehead atoms. The maximum Gasteiger partial charge on any atom is 0.205 e. The van der Waals surface area contributed by atoms with Gasteiger partial charge in [0.2, 0.25) is 5.13 Å². The van der Waals surface area contributed by atoms with E-state index in [0.717, 1.165) is 28.5 Å². The van der Waals surface area contributed by atoms with Gasteiger partial charge >= 0.3 is 0 Å². The van der Waals surface area contributed by atoms with Gasteiger partial charge in [-0.2, -0.15) is 0 Å². The van der Waals surface area contributed by atoms with Gasteiger partial charge < -0.3 is 5.32 Å². The van der Waals surface area contributed by atoms with Gasteiger partial charge in [-0.1, -0.05) is 47.5 Å². The van der Waals surface area contributed by atoms with Gasteiger partial charge in [0.15, 0.2) is 0 Å². The first-order chi connectivity index (χ1) is 8.69. The summed E-state index contributed by atoms with van der Waals surface area (Å²) >= 11 is 13.5. The van der Waals surface area contributed by atoms with E-state index < -0.39 is 0 Å². The summed E-state index contributed by atoms with van der Waals surface area (Å²) in [5.41, 5.74) is 0.994. The lowest BCUT2D eigenvalue weighted by Crippen LogP contribution is -1.99. The third-order valence-electron chi connectivity index (χ3n) is 2.38. The van der Waals surface area contributed by atoms with E-state index in [9.17, 15) is 0 Å². The molecule has 0 aliphatic rings. The van der Waals surface area contributed by atoms with Crippen molar-refractivity contribution >= 4 is 39.7 Å². The predicted molar refractivity (Wildman–Crippen MR) is 77.7 cm³/mol. The van der Waals surface area contributed by atoms with Crippen LogP contribution in [0.3, 0.4) is 0 Å². The molecule has 0 unspecified atom stereocenters. The summed E-state index contributed by atoms with van der Waals surface area (Å²) in [5, 5.41) is 14.6. The summed E-state index contributed by atoms with van der Waals surface area (Å²) in [6.45, 7) is 2.75. The lowest BCUT2D eigenvalue weighted by atomic mass is 10.2. The SMILES string of the molecule is CCCc1nnc(NCc2ccc(Cl)cc2Cl)s1. The van der Waals surface area contributed by atoms with Gasteiger partial charge in [-0.25, -0.2) is 0 Å². The van der Waals surface area contributed by atoms with Crippen LogP contribution < -0.4 is 5.32 Å². The molecule has 2 aromatic rings. The van der Waals surface area contributed by atoms with Gasteiger partial charge in [0.1, 0.15) is 5.01 Å². The van der Waals surface area contributed by atoms with E-state index in [4.69, 9.17) is 23.2 Å². The second kappa shape index (κ2) is 6.36. The van der Waals surface area contributed by atoms with E-state index in [0.29, 0.717) is 16.6 Å². The zero-order chi connectivity index (χ0) is 13.0. The van der Waals surface area contributed by atoms with Crippen LogP contribution in [0.2, 0.25) is 10.0 Å². The number of hydrogen-bond donors (Lipinski definition) is 1. The Morgan fingerprint density at radius 1 is 1.28 bits per heavy atom. The Morgan fingerprint density at radius 2 is 2.11 bits per heavy atom. The molecule has 0 saturated carbocycles. The lowest BCUT2D eigenvalue weighted by Gasteiger charge is -2.05. The monoisotopic (exact) mass is 301 g/mol. The van der Waals surface area contributed by atoms with Crippen LogP contribution in [0.1, 0.15) is 23.9 Å². The number of aromatic nitrogens is 2. The van der Waals surface area contributed by atoms with Crippen LogP contribution in [0.5, 0.6) is 0 Å². The first-order valence-electron chi connectivity index (χ1n) is 5.69. The average molecular weight is 302 g/mol. The minimum absolute atomic E-state index is 0.622. The summed E-state index contributed by atoms with van der Waals surface area (Å²) in [7, 11) is 0. The average Bonchev–Trinajstić information content (AvgIpc) is 2.76. The van der Waals surface area contributed by atoms with Crippen molar-refractivity contribution in [3.63, 3.8) is 0 Å². The van der Waals surface area contributed by atoms with E-state index in [-0.39, 0.29) is 0 Å². The van der Waals surface area contributed by atoms with E-state index >= 15 is 0 Å². The molecule has 6 heteroatoms. The van der Waals surface area contributed by atoms with E-state index in [1.54, 1.807) is 17.4 Å². The molecule has 0 atom stereocenters. The molecule has 1 heterocycles. The molecule has 0 aliphatic heterocycles. The summed E-state index contributed by atoms with van der Waals surface area (Å²) in [6.07, 6.45) is 2.05. The summed E-state index contributed by atoms with van der Waals surface area (Å²) in [5.74, 6) is 0. The summed E-state index contributed by atoms with van der Waals surface area (Å²) < 4.78 is 0. The number of anilines is 1. The molecule has 0 saturated heterocycles. The molecule has 0 aliphatic carbocycles. The van der Waals surface area contributed by atoms with Crippen LogP contribution in [0, 0.1) is 0 Å². The maximum absolute atomic E-state index is 6.09. The highest BCUT2D eigenvalue weighted by Crippen LogP contribution is 2.23. The molecule has 0 spiro atoms. The predicted octanol–water partition coefficient (Wildman–Crippen LogP) is 4.41. The van der Waals surface area contributed by atoms with Crippen molar-refractivity contribution in [1.82, 2.24) is 10.2 Å². The maximum atomic E-state index is 6.09. The number of nitrogens with zero attached hydrogens (tertiary/aromatic N) is 2. The standard InChI is InChI=1S/C12H13Cl2N3S/c1-2-3-11-16-17-12(18-11)15-7-8-4-5-9(13)6-10(8)14/h4-6H,2-3,7H2,1H3,(H,15,17). The summed E-state index contributed by atoms with van der Waals surface area (Å²) in [6, 6.07) is 5.47. The van der Waals surface area contributed by atoms with E-state index in [1.165, 1.54) is 0 Å². The van der Waals surface area contributed by atoms with Crippen molar-refractivity contribution in [2.45, 2.75) is 26.3 Å². The largest absolute Gasteiger partial charge is 0.356 e. The van der Waals surface area contributed by atoms with Crippen LogP contribution >= 0.6 is 34.5 Å². The lowest BCUT2D eigenvalue weighted by molar-refractivity contribution is 0.877. The molecule has 18 heavy (non-hydrogen) atoms. The first kappa shape index (κ1) is 13.6.